The summed E-state index contributed by atoms with van der Waals surface area (Å²) in [7, 11) is 1.44. The van der Waals surface area contributed by atoms with Gasteiger partial charge in [0.1, 0.15) is 11.6 Å². The maximum absolute atomic E-state index is 13.3. The number of allylic oxidation sites excluding steroid dienone is 1. The number of hydrogen-bond donors (Lipinski definition) is 2. The number of halogens is 1. The molecule has 0 radical (unpaired) electrons. The number of hydrogen-bond acceptors (Lipinski definition) is 6. The van der Waals surface area contributed by atoms with Crippen LogP contribution in [0.25, 0.3) is 22.3 Å². The molecule has 4 aromatic rings. The van der Waals surface area contributed by atoms with Crippen molar-refractivity contribution < 1.29 is 24.1 Å². The second-order valence-corrected chi connectivity index (χ2v) is 7.61. The molecule has 0 amide bonds. The first-order chi connectivity index (χ1) is 15.0. The Hall–Kier alpha value is -3.33. The van der Waals surface area contributed by atoms with Gasteiger partial charge in [-0.25, -0.2) is 9.37 Å². The molecule has 4 rings (SSSR count). The number of aliphatic hydroxyl groups is 2. The Kier molecular flexibility index (Phi) is 5.94. The highest BCUT2D eigenvalue weighted by Crippen LogP contribution is 2.29. The lowest BCUT2D eigenvalue weighted by Crippen LogP contribution is -2.04. The number of ether oxygens (including phenoxy) is 1. The van der Waals surface area contributed by atoms with E-state index in [0.717, 1.165) is 10.5 Å². The average molecular weight is 438 g/mol. The maximum atomic E-state index is 13.3. The summed E-state index contributed by atoms with van der Waals surface area (Å²) in [6.45, 7) is -0.639. The van der Waals surface area contributed by atoms with Gasteiger partial charge >= 0.3 is 0 Å². The molecule has 0 bridgehead atoms. The van der Waals surface area contributed by atoms with Crippen molar-refractivity contribution in [3.63, 3.8) is 0 Å². The fourth-order valence-corrected chi connectivity index (χ4v) is 4.10. The first kappa shape index (κ1) is 20.9. The maximum Gasteiger partial charge on any atom is 0.194 e. The Labute approximate surface area is 181 Å². The van der Waals surface area contributed by atoms with Crippen LogP contribution in [0.3, 0.4) is 0 Å². The van der Waals surface area contributed by atoms with E-state index in [-0.39, 0.29) is 24.8 Å². The van der Waals surface area contributed by atoms with Crippen molar-refractivity contribution in [2.45, 2.75) is 13.2 Å². The van der Waals surface area contributed by atoms with E-state index < -0.39 is 0 Å². The largest absolute Gasteiger partial charge is 0.496 e. The normalized spacial score (nSPS) is 11.5. The number of carbonyl (C=O) groups is 1. The molecule has 6 nitrogen and oxygen atoms in total. The average Bonchev–Trinajstić information content (AvgIpc) is 3.38. The topological polar surface area (TPSA) is 84.1 Å². The van der Waals surface area contributed by atoms with E-state index in [9.17, 15) is 19.4 Å². The summed E-state index contributed by atoms with van der Waals surface area (Å²) in [6.07, 6.45) is 4.94. The molecule has 2 aromatic carbocycles. The van der Waals surface area contributed by atoms with E-state index >= 15 is 0 Å². The van der Waals surface area contributed by atoms with E-state index in [1.165, 1.54) is 48.8 Å². The fourth-order valence-electron chi connectivity index (χ4n) is 3.38. The van der Waals surface area contributed by atoms with E-state index in [1.54, 1.807) is 18.2 Å². The van der Waals surface area contributed by atoms with Crippen molar-refractivity contribution >= 4 is 28.2 Å². The zero-order valence-corrected chi connectivity index (χ0v) is 17.4. The lowest BCUT2D eigenvalue weighted by atomic mass is 10.0. The Balaban J connectivity index is 1.74. The summed E-state index contributed by atoms with van der Waals surface area (Å²) >= 11 is 1.46. The van der Waals surface area contributed by atoms with Gasteiger partial charge in [0, 0.05) is 28.3 Å². The number of methoxy groups -OCH3 is 1. The van der Waals surface area contributed by atoms with Crippen LogP contribution < -0.4 is 4.74 Å². The fraction of sp³-hybridized carbons (Fsp3) is 0.130. The lowest BCUT2D eigenvalue weighted by Gasteiger charge is -2.12. The Morgan fingerprint density at radius 1 is 1.23 bits per heavy atom. The first-order valence-corrected chi connectivity index (χ1v) is 10.3. The van der Waals surface area contributed by atoms with Gasteiger partial charge in [-0.2, -0.15) is 0 Å². The minimum atomic E-state index is -0.336. The van der Waals surface area contributed by atoms with Crippen LogP contribution >= 0.6 is 11.3 Å². The molecule has 0 aliphatic heterocycles. The van der Waals surface area contributed by atoms with E-state index in [1.807, 2.05) is 16.0 Å². The van der Waals surface area contributed by atoms with Crippen LogP contribution in [0.4, 0.5) is 4.39 Å². The van der Waals surface area contributed by atoms with E-state index in [4.69, 9.17) is 4.74 Å². The number of aliphatic hydroxyl groups excluding tert-OH is 2. The Morgan fingerprint density at radius 3 is 2.68 bits per heavy atom. The molecular formula is C23H19FN2O4S. The third-order valence-corrected chi connectivity index (χ3v) is 5.70. The van der Waals surface area contributed by atoms with Crippen LogP contribution in [0.15, 0.2) is 54.1 Å². The number of ketones is 1. The van der Waals surface area contributed by atoms with Gasteiger partial charge in [0.05, 0.1) is 31.7 Å². The predicted molar refractivity (Wildman–Crippen MR) is 117 cm³/mol. The standard InChI is InChI=1S/C23H19FN2O4S/c1-30-21-11-15(10-16(12-27)18(21)13-28)20(29)7-6-19-22(14-2-4-17(24)5-3-14)25-23-26(19)8-9-31-23/h2-11,27-28H,12-13H2,1H3. The van der Waals surface area contributed by atoms with Crippen molar-refractivity contribution in [1.29, 1.82) is 0 Å². The number of nitrogens with zero attached hydrogens (tertiary/aromatic N) is 2. The van der Waals surface area contributed by atoms with Gasteiger partial charge < -0.3 is 14.9 Å². The van der Waals surface area contributed by atoms with Gasteiger partial charge in [-0.15, -0.1) is 11.3 Å². The molecule has 0 aliphatic rings. The van der Waals surface area contributed by atoms with Crippen LogP contribution in [0.5, 0.6) is 5.75 Å². The molecule has 8 heteroatoms. The zero-order chi connectivity index (χ0) is 22.0. The van der Waals surface area contributed by atoms with Gasteiger partial charge in [0.25, 0.3) is 0 Å². The molecule has 0 unspecified atom stereocenters. The van der Waals surface area contributed by atoms with Crippen LogP contribution in [0, 0.1) is 5.82 Å². The minimum absolute atomic E-state index is 0.298. The first-order valence-electron chi connectivity index (χ1n) is 9.41. The van der Waals surface area contributed by atoms with Crippen molar-refractivity contribution in [2.75, 3.05) is 7.11 Å². The van der Waals surface area contributed by atoms with Gasteiger partial charge in [-0.1, -0.05) is 0 Å². The number of rotatable bonds is 7. The summed E-state index contributed by atoms with van der Waals surface area (Å²) in [5.74, 6) is -0.299. The molecule has 31 heavy (non-hydrogen) atoms. The Morgan fingerprint density at radius 2 is 2.00 bits per heavy atom. The minimum Gasteiger partial charge on any atom is -0.496 e. The van der Waals surface area contributed by atoms with Crippen molar-refractivity contribution in [3.8, 4) is 17.0 Å². The number of benzene rings is 2. The molecule has 2 aromatic heterocycles. The second-order valence-electron chi connectivity index (χ2n) is 6.74. The molecule has 2 N–H and O–H groups in total. The molecule has 2 heterocycles. The SMILES string of the molecule is COc1cc(C(=O)C=Cc2c(-c3ccc(F)cc3)nc3sccn23)cc(CO)c1CO. The number of carbonyl (C=O) groups excluding carboxylic acids is 1. The molecule has 0 spiro atoms. The molecular weight excluding hydrogens is 419 g/mol. The highest BCUT2D eigenvalue weighted by Gasteiger charge is 2.16. The second kappa shape index (κ2) is 8.81. The summed E-state index contributed by atoms with van der Waals surface area (Å²) in [5, 5.41) is 21.0. The molecule has 158 valence electrons. The van der Waals surface area contributed by atoms with E-state index in [2.05, 4.69) is 4.98 Å². The van der Waals surface area contributed by atoms with Crippen LogP contribution in [0.2, 0.25) is 0 Å². The highest BCUT2D eigenvalue weighted by molar-refractivity contribution is 7.15. The molecule has 0 aliphatic carbocycles. The summed E-state index contributed by atoms with van der Waals surface area (Å²) in [6, 6.07) is 9.10. The quantitative estimate of drug-likeness (QED) is 0.335. The third kappa shape index (κ3) is 4.00. The van der Waals surface area contributed by atoms with E-state index in [0.29, 0.717) is 33.8 Å². The number of aromatic nitrogens is 2. The molecule has 0 saturated heterocycles. The van der Waals surface area contributed by atoms with Crippen LogP contribution in [-0.4, -0.2) is 32.5 Å². The van der Waals surface area contributed by atoms with Gasteiger partial charge in [-0.3, -0.25) is 9.20 Å². The summed E-state index contributed by atoms with van der Waals surface area (Å²) < 4.78 is 20.5. The van der Waals surface area contributed by atoms with Gasteiger partial charge in [-0.05, 0) is 54.1 Å². The summed E-state index contributed by atoms with van der Waals surface area (Å²) in [5.41, 5.74) is 3.26. The zero-order valence-electron chi connectivity index (χ0n) is 16.6. The number of imidazole rings is 1. The predicted octanol–water partition coefficient (Wildman–Crippen LogP) is 4.09. The van der Waals surface area contributed by atoms with Gasteiger partial charge in [0.2, 0.25) is 0 Å². The van der Waals surface area contributed by atoms with Crippen molar-refractivity contribution in [3.05, 3.63) is 82.3 Å². The lowest BCUT2D eigenvalue weighted by molar-refractivity contribution is 0.104. The molecule has 0 fully saturated rings. The van der Waals surface area contributed by atoms with Gasteiger partial charge in [0.15, 0.2) is 10.7 Å². The van der Waals surface area contributed by atoms with Crippen LogP contribution in [-0.2, 0) is 13.2 Å². The number of fused-ring (bicyclic) bond motifs is 1. The molecule has 0 atom stereocenters. The smallest absolute Gasteiger partial charge is 0.194 e. The Bertz CT molecular complexity index is 1250. The van der Waals surface area contributed by atoms with Crippen LogP contribution in [0.1, 0.15) is 27.2 Å². The molecule has 0 saturated carbocycles. The van der Waals surface area contributed by atoms with Crippen molar-refractivity contribution in [1.82, 2.24) is 9.38 Å². The monoisotopic (exact) mass is 438 g/mol. The third-order valence-electron chi connectivity index (χ3n) is 4.94. The number of thiazole rings is 1. The van der Waals surface area contributed by atoms with Crippen molar-refractivity contribution in [2.24, 2.45) is 0 Å². The highest BCUT2D eigenvalue weighted by atomic mass is 32.1. The summed E-state index contributed by atoms with van der Waals surface area (Å²) in [4.78, 5) is 18.2.